The van der Waals surface area contributed by atoms with Crippen LogP contribution in [0.3, 0.4) is 0 Å². The minimum absolute atomic E-state index is 0.251. The largest absolute Gasteiger partial charge is 0.365 e. The molecule has 2 aromatic heterocycles. The van der Waals surface area contributed by atoms with E-state index in [9.17, 15) is 8.42 Å². The maximum absolute atomic E-state index is 12.1. The van der Waals surface area contributed by atoms with Gasteiger partial charge < -0.3 is 5.32 Å². The predicted molar refractivity (Wildman–Crippen MR) is 125 cm³/mol. The van der Waals surface area contributed by atoms with Crippen molar-refractivity contribution in [2.45, 2.75) is 30.2 Å². The van der Waals surface area contributed by atoms with Crippen molar-refractivity contribution in [3.8, 4) is 11.1 Å². The van der Waals surface area contributed by atoms with Gasteiger partial charge in [-0.3, -0.25) is 0 Å². The second-order valence-corrected chi connectivity index (χ2v) is 10.4. The SMILES string of the molecule is CNS(=O)(=O)c1cccc(CNc2nc(C3CC3)nc3scc(-c4ccccc4)c23)c1. The van der Waals surface area contributed by atoms with Crippen molar-refractivity contribution in [1.29, 1.82) is 0 Å². The van der Waals surface area contributed by atoms with E-state index in [0.29, 0.717) is 12.5 Å². The van der Waals surface area contributed by atoms with E-state index in [2.05, 4.69) is 27.6 Å². The number of thiophene rings is 1. The third-order valence-corrected chi connectivity index (χ3v) is 7.70. The number of benzene rings is 2. The fraction of sp³-hybridized carbons (Fsp3) is 0.217. The van der Waals surface area contributed by atoms with Crippen LogP contribution in [0.15, 0.2) is 64.9 Å². The van der Waals surface area contributed by atoms with Crippen molar-refractivity contribution in [3.63, 3.8) is 0 Å². The summed E-state index contributed by atoms with van der Waals surface area (Å²) in [7, 11) is -2.07. The minimum atomic E-state index is -3.48. The Morgan fingerprint density at radius 1 is 1.06 bits per heavy atom. The summed E-state index contributed by atoms with van der Waals surface area (Å²) >= 11 is 1.63. The van der Waals surface area contributed by atoms with Gasteiger partial charge in [-0.15, -0.1) is 11.3 Å². The van der Waals surface area contributed by atoms with E-state index in [0.717, 1.165) is 51.4 Å². The molecule has 6 nitrogen and oxygen atoms in total. The molecule has 4 aromatic rings. The quantitative estimate of drug-likeness (QED) is 0.424. The molecule has 0 spiro atoms. The first-order valence-electron chi connectivity index (χ1n) is 10.2. The molecule has 0 saturated heterocycles. The molecule has 0 unspecified atom stereocenters. The number of hydrogen-bond acceptors (Lipinski definition) is 6. The second kappa shape index (κ2) is 8.03. The van der Waals surface area contributed by atoms with Gasteiger partial charge in [-0.25, -0.2) is 23.1 Å². The van der Waals surface area contributed by atoms with Crippen LogP contribution >= 0.6 is 11.3 Å². The summed E-state index contributed by atoms with van der Waals surface area (Å²) in [6.45, 7) is 0.466. The molecule has 0 aliphatic heterocycles. The first-order valence-corrected chi connectivity index (χ1v) is 12.5. The van der Waals surface area contributed by atoms with Crippen LogP contribution in [0, 0.1) is 0 Å². The molecule has 1 saturated carbocycles. The predicted octanol–water partition coefficient (Wildman–Crippen LogP) is 4.76. The molecule has 31 heavy (non-hydrogen) atoms. The molecule has 2 N–H and O–H groups in total. The average Bonchev–Trinajstić information content (AvgIpc) is 3.57. The Balaban J connectivity index is 1.53. The Bertz CT molecular complexity index is 1350. The summed E-state index contributed by atoms with van der Waals surface area (Å²) < 4.78 is 26.7. The summed E-state index contributed by atoms with van der Waals surface area (Å²) in [6.07, 6.45) is 2.26. The first kappa shape index (κ1) is 20.1. The van der Waals surface area contributed by atoms with E-state index >= 15 is 0 Å². The van der Waals surface area contributed by atoms with Crippen molar-refractivity contribution >= 4 is 37.4 Å². The molecule has 0 bridgehead atoms. The Hall–Kier alpha value is -2.81. The van der Waals surface area contributed by atoms with Crippen molar-refractivity contribution in [2.24, 2.45) is 0 Å². The van der Waals surface area contributed by atoms with Gasteiger partial charge in [0.25, 0.3) is 0 Å². The van der Waals surface area contributed by atoms with Gasteiger partial charge in [0.1, 0.15) is 16.5 Å². The van der Waals surface area contributed by atoms with Gasteiger partial charge in [0.15, 0.2) is 0 Å². The molecular weight excluding hydrogens is 428 g/mol. The molecule has 2 aromatic carbocycles. The van der Waals surface area contributed by atoms with Crippen LogP contribution in [-0.2, 0) is 16.6 Å². The summed E-state index contributed by atoms with van der Waals surface area (Å²) in [4.78, 5) is 10.9. The smallest absolute Gasteiger partial charge is 0.240 e. The Labute approximate surface area is 185 Å². The summed E-state index contributed by atoms with van der Waals surface area (Å²) in [5.74, 6) is 2.13. The number of sulfonamides is 1. The van der Waals surface area contributed by atoms with Gasteiger partial charge in [-0.1, -0.05) is 42.5 Å². The fourth-order valence-corrected chi connectivity index (χ4v) is 5.32. The molecule has 0 amide bonds. The molecular formula is C23H22N4O2S2. The molecule has 158 valence electrons. The number of fused-ring (bicyclic) bond motifs is 1. The maximum Gasteiger partial charge on any atom is 0.240 e. The minimum Gasteiger partial charge on any atom is -0.365 e. The number of hydrogen-bond donors (Lipinski definition) is 2. The lowest BCUT2D eigenvalue weighted by Crippen LogP contribution is -2.18. The highest BCUT2D eigenvalue weighted by Gasteiger charge is 2.28. The van der Waals surface area contributed by atoms with Gasteiger partial charge in [0.05, 0.1) is 10.3 Å². The molecule has 5 rings (SSSR count). The Kier molecular flexibility index (Phi) is 5.21. The molecule has 1 aliphatic rings. The lowest BCUT2D eigenvalue weighted by Gasteiger charge is -2.11. The number of nitrogens with one attached hydrogen (secondary N) is 2. The van der Waals surface area contributed by atoms with Crippen LogP contribution in [-0.4, -0.2) is 25.4 Å². The van der Waals surface area contributed by atoms with Crippen LogP contribution in [0.25, 0.3) is 21.3 Å². The third kappa shape index (κ3) is 4.06. The van der Waals surface area contributed by atoms with E-state index < -0.39 is 10.0 Å². The summed E-state index contributed by atoms with van der Waals surface area (Å²) in [5.41, 5.74) is 3.10. The highest BCUT2D eigenvalue weighted by Crippen LogP contribution is 2.42. The number of anilines is 1. The standard InChI is InChI=1S/C23H22N4O2S2/c1-24-31(28,29)18-9-5-6-15(12-18)13-25-22-20-19(16-7-3-2-4-8-16)14-30-23(20)27-21(26-22)17-10-11-17/h2-9,12,14,17,24H,10-11,13H2,1H3,(H,25,26,27). The Morgan fingerprint density at radius 3 is 2.61 bits per heavy atom. The monoisotopic (exact) mass is 450 g/mol. The van der Waals surface area contributed by atoms with Crippen LogP contribution in [0.2, 0.25) is 0 Å². The van der Waals surface area contributed by atoms with Crippen molar-refractivity contribution in [3.05, 3.63) is 71.4 Å². The number of rotatable bonds is 7. The molecule has 8 heteroatoms. The normalized spacial score (nSPS) is 14.1. The lowest BCUT2D eigenvalue weighted by molar-refractivity contribution is 0.588. The van der Waals surface area contributed by atoms with Gasteiger partial charge in [0, 0.05) is 23.4 Å². The van der Waals surface area contributed by atoms with Gasteiger partial charge in [-0.2, -0.15) is 0 Å². The van der Waals surface area contributed by atoms with Crippen LogP contribution in [0.5, 0.6) is 0 Å². The zero-order chi connectivity index (χ0) is 21.4. The number of nitrogens with zero attached hydrogens (tertiary/aromatic N) is 2. The molecule has 0 radical (unpaired) electrons. The molecule has 2 heterocycles. The summed E-state index contributed by atoms with van der Waals surface area (Å²) in [6, 6.07) is 17.2. The first-order chi connectivity index (χ1) is 15.0. The van der Waals surface area contributed by atoms with E-state index in [4.69, 9.17) is 9.97 Å². The summed E-state index contributed by atoms with van der Waals surface area (Å²) in [5, 5.41) is 6.61. The van der Waals surface area contributed by atoms with E-state index in [1.807, 2.05) is 24.3 Å². The van der Waals surface area contributed by atoms with Crippen molar-refractivity contribution < 1.29 is 8.42 Å². The van der Waals surface area contributed by atoms with Gasteiger partial charge in [0.2, 0.25) is 10.0 Å². The molecule has 1 fully saturated rings. The van der Waals surface area contributed by atoms with E-state index in [-0.39, 0.29) is 4.90 Å². The average molecular weight is 451 g/mol. The fourth-order valence-electron chi connectivity index (χ4n) is 3.57. The van der Waals surface area contributed by atoms with Crippen molar-refractivity contribution in [2.75, 3.05) is 12.4 Å². The topological polar surface area (TPSA) is 84.0 Å². The zero-order valence-electron chi connectivity index (χ0n) is 17.0. The highest BCUT2D eigenvalue weighted by atomic mass is 32.2. The third-order valence-electron chi connectivity index (χ3n) is 5.42. The van der Waals surface area contributed by atoms with Crippen molar-refractivity contribution in [1.82, 2.24) is 14.7 Å². The molecule has 0 atom stereocenters. The lowest BCUT2D eigenvalue weighted by atomic mass is 10.1. The molecule has 1 aliphatic carbocycles. The number of aromatic nitrogens is 2. The zero-order valence-corrected chi connectivity index (χ0v) is 18.6. The van der Waals surface area contributed by atoms with Crippen LogP contribution in [0.4, 0.5) is 5.82 Å². The maximum atomic E-state index is 12.1. The van der Waals surface area contributed by atoms with E-state index in [1.54, 1.807) is 29.5 Å². The van der Waals surface area contributed by atoms with Crippen LogP contribution < -0.4 is 10.0 Å². The van der Waals surface area contributed by atoms with Gasteiger partial charge in [-0.05, 0) is 43.1 Å². The van der Waals surface area contributed by atoms with Crippen LogP contribution in [0.1, 0.15) is 30.1 Å². The Morgan fingerprint density at radius 2 is 1.87 bits per heavy atom. The second-order valence-electron chi connectivity index (χ2n) is 7.61. The van der Waals surface area contributed by atoms with Gasteiger partial charge >= 0.3 is 0 Å². The highest BCUT2D eigenvalue weighted by molar-refractivity contribution is 7.89. The van der Waals surface area contributed by atoms with E-state index in [1.165, 1.54) is 7.05 Å².